The topological polar surface area (TPSA) is 117 Å². The molecule has 0 radical (unpaired) electrons. The number of carbonyl (C=O) groups is 1. The summed E-state index contributed by atoms with van der Waals surface area (Å²) in [5, 5.41) is 3.99. The minimum Gasteiger partial charge on any atom is -0.443 e. The van der Waals surface area contributed by atoms with E-state index < -0.39 is 11.9 Å². The number of fused-ring (bicyclic) bond motifs is 1. The number of ether oxygens (including phenoxy) is 2. The van der Waals surface area contributed by atoms with Gasteiger partial charge in [-0.1, -0.05) is 6.07 Å². The van der Waals surface area contributed by atoms with E-state index in [2.05, 4.69) is 15.3 Å². The van der Waals surface area contributed by atoms with Gasteiger partial charge >= 0.3 is 6.09 Å². The van der Waals surface area contributed by atoms with Gasteiger partial charge in [0.15, 0.2) is 0 Å². The van der Waals surface area contributed by atoms with Crippen molar-refractivity contribution in [2.75, 3.05) is 26.0 Å². The minimum absolute atomic E-state index is 0.0432. The molecule has 0 atom stereocenters. The fourth-order valence-corrected chi connectivity index (χ4v) is 5.77. The van der Waals surface area contributed by atoms with Crippen molar-refractivity contribution < 1.29 is 18.7 Å². The molecule has 188 valence electrons. The van der Waals surface area contributed by atoms with E-state index in [0.29, 0.717) is 46.1 Å². The molecule has 1 amide bonds. The molecule has 4 heterocycles. The minimum atomic E-state index is -0.526. The fraction of sp³-hybridized carbons (Fsp3) is 0.360. The summed E-state index contributed by atoms with van der Waals surface area (Å²) in [5.74, 6) is 0.681. The van der Waals surface area contributed by atoms with E-state index in [4.69, 9.17) is 20.2 Å². The van der Waals surface area contributed by atoms with Crippen LogP contribution in [0.4, 0.5) is 15.0 Å². The number of aryl methyl sites for hydroxylation is 1. The van der Waals surface area contributed by atoms with E-state index in [1.54, 1.807) is 18.5 Å². The molecule has 4 aromatic rings. The van der Waals surface area contributed by atoms with Gasteiger partial charge in [-0.15, -0.1) is 11.3 Å². The van der Waals surface area contributed by atoms with Crippen LogP contribution in [0.3, 0.4) is 0 Å². The number of nitrogens with two attached hydrogens (primary N) is 1. The highest BCUT2D eigenvalue weighted by atomic mass is 32.1. The smallest absolute Gasteiger partial charge is 0.407 e. The molecule has 11 heteroatoms. The Morgan fingerprint density at radius 3 is 2.75 bits per heavy atom. The predicted molar refractivity (Wildman–Crippen MR) is 136 cm³/mol. The van der Waals surface area contributed by atoms with Crippen LogP contribution in [0.2, 0.25) is 0 Å². The zero-order valence-corrected chi connectivity index (χ0v) is 21.1. The quantitative estimate of drug-likeness (QED) is 0.405. The second kappa shape index (κ2) is 9.82. The molecule has 1 saturated heterocycles. The van der Waals surface area contributed by atoms with Crippen molar-refractivity contribution in [1.82, 2.24) is 24.8 Å². The number of hydrogen-bond acceptors (Lipinski definition) is 8. The molecule has 1 aliphatic rings. The van der Waals surface area contributed by atoms with E-state index in [0.717, 1.165) is 23.5 Å². The number of anilines is 1. The van der Waals surface area contributed by atoms with Crippen LogP contribution in [0.5, 0.6) is 0 Å². The third-order valence-electron chi connectivity index (χ3n) is 6.61. The third-order valence-corrected chi connectivity index (χ3v) is 7.90. The van der Waals surface area contributed by atoms with E-state index in [9.17, 15) is 4.79 Å². The summed E-state index contributed by atoms with van der Waals surface area (Å²) in [6.45, 7) is 3.24. The number of halogens is 1. The first-order valence-electron chi connectivity index (χ1n) is 11.7. The number of imidazole rings is 1. The van der Waals surface area contributed by atoms with Gasteiger partial charge in [0, 0.05) is 54.9 Å². The number of rotatable bonds is 5. The first-order valence-corrected chi connectivity index (χ1v) is 12.5. The lowest BCUT2D eigenvalue weighted by Gasteiger charge is -2.21. The van der Waals surface area contributed by atoms with E-state index in [-0.39, 0.29) is 23.7 Å². The fourth-order valence-electron chi connectivity index (χ4n) is 4.51. The standard InChI is InChI=1S/C25H27FN6O3S/c1-13-29-11-19(32(13)3)16-5-4-15-17(10-30-23(27)20(15)21(16)26)24-31-18(12-35-25(33)28-2)22(36-24)14-6-8-34-9-7-14/h4-5,10-11,14H,6-9,12H2,1-3H3,(H2,27,30)(H,28,33). The van der Waals surface area contributed by atoms with Gasteiger partial charge < -0.3 is 25.1 Å². The third kappa shape index (κ3) is 4.28. The normalized spacial score (nSPS) is 14.3. The van der Waals surface area contributed by atoms with Crippen molar-refractivity contribution in [3.8, 4) is 21.8 Å². The highest BCUT2D eigenvalue weighted by molar-refractivity contribution is 7.15. The second-order valence-electron chi connectivity index (χ2n) is 8.70. The number of carbonyl (C=O) groups excluding carboxylic acids is 1. The summed E-state index contributed by atoms with van der Waals surface area (Å²) >= 11 is 1.52. The van der Waals surface area contributed by atoms with E-state index in [1.807, 2.05) is 24.6 Å². The Balaban J connectivity index is 1.62. The van der Waals surface area contributed by atoms with Crippen LogP contribution in [0.1, 0.15) is 35.2 Å². The summed E-state index contributed by atoms with van der Waals surface area (Å²) in [7, 11) is 3.35. The Bertz CT molecular complexity index is 1440. The van der Waals surface area contributed by atoms with E-state index in [1.165, 1.54) is 18.4 Å². The summed E-state index contributed by atoms with van der Waals surface area (Å²) in [6, 6.07) is 3.58. The zero-order chi connectivity index (χ0) is 25.4. The van der Waals surface area contributed by atoms with Crippen LogP contribution < -0.4 is 11.1 Å². The molecule has 3 aromatic heterocycles. The van der Waals surface area contributed by atoms with Gasteiger partial charge in [0.2, 0.25) is 0 Å². The molecule has 9 nitrogen and oxygen atoms in total. The van der Waals surface area contributed by atoms with Crippen molar-refractivity contribution in [3.05, 3.63) is 46.7 Å². The Morgan fingerprint density at radius 1 is 1.28 bits per heavy atom. The SMILES string of the molecule is CNC(=O)OCc1nc(-c2cnc(N)c3c(F)c(-c4cnc(C)n4C)ccc23)sc1C1CCOCC1. The lowest BCUT2D eigenvalue weighted by Crippen LogP contribution is -2.20. The molecule has 0 spiro atoms. The van der Waals surface area contributed by atoms with Crippen molar-refractivity contribution >= 4 is 34.0 Å². The molecule has 1 aromatic carbocycles. The number of alkyl carbamates (subject to hydrolysis) is 1. The molecule has 0 saturated carbocycles. The van der Waals surface area contributed by atoms with Crippen LogP contribution in [0.25, 0.3) is 32.6 Å². The van der Waals surface area contributed by atoms with Crippen LogP contribution in [-0.4, -0.2) is 45.9 Å². The Hall–Kier alpha value is -3.57. The number of pyridine rings is 1. The van der Waals surface area contributed by atoms with E-state index >= 15 is 4.39 Å². The Labute approximate surface area is 211 Å². The number of nitrogens with one attached hydrogen (secondary N) is 1. The number of benzene rings is 1. The molecular formula is C25H27FN6O3S. The monoisotopic (exact) mass is 510 g/mol. The lowest BCUT2D eigenvalue weighted by atomic mass is 9.97. The van der Waals surface area contributed by atoms with Gasteiger partial charge in [0.05, 0.1) is 23.0 Å². The average Bonchev–Trinajstić information content (AvgIpc) is 3.46. The van der Waals surface area contributed by atoms with Crippen LogP contribution in [0, 0.1) is 12.7 Å². The molecule has 36 heavy (non-hydrogen) atoms. The molecule has 1 aliphatic heterocycles. The maximum absolute atomic E-state index is 15.9. The van der Waals surface area contributed by atoms with Crippen molar-refractivity contribution in [1.29, 1.82) is 0 Å². The average molecular weight is 511 g/mol. The first kappa shape index (κ1) is 24.1. The molecule has 3 N–H and O–H groups in total. The number of hydrogen-bond donors (Lipinski definition) is 2. The Morgan fingerprint density at radius 2 is 2.06 bits per heavy atom. The molecule has 5 rings (SSSR count). The first-order chi connectivity index (χ1) is 17.4. The van der Waals surface area contributed by atoms with Gasteiger partial charge in [-0.25, -0.2) is 24.1 Å². The molecule has 1 fully saturated rings. The summed E-state index contributed by atoms with van der Waals surface area (Å²) in [4.78, 5) is 26.2. The maximum atomic E-state index is 15.9. The van der Waals surface area contributed by atoms with Crippen molar-refractivity contribution in [3.63, 3.8) is 0 Å². The summed E-state index contributed by atoms with van der Waals surface area (Å²) < 4.78 is 28.5. The maximum Gasteiger partial charge on any atom is 0.407 e. The predicted octanol–water partition coefficient (Wildman–Crippen LogP) is 4.54. The molecular weight excluding hydrogens is 483 g/mol. The number of nitrogen functional groups attached to an aromatic ring is 1. The Kier molecular flexibility index (Phi) is 6.59. The van der Waals surface area contributed by atoms with Gasteiger partial charge in [-0.3, -0.25) is 0 Å². The number of nitrogens with zero attached hydrogens (tertiary/aromatic N) is 4. The highest BCUT2D eigenvalue weighted by Gasteiger charge is 2.26. The number of amides is 1. The largest absolute Gasteiger partial charge is 0.443 e. The molecule has 0 aliphatic carbocycles. The van der Waals surface area contributed by atoms with Crippen molar-refractivity contribution in [2.45, 2.75) is 32.3 Å². The molecule has 0 bridgehead atoms. The van der Waals surface area contributed by atoms with Gasteiger partial charge in [0.25, 0.3) is 0 Å². The lowest BCUT2D eigenvalue weighted by molar-refractivity contribution is 0.0852. The highest BCUT2D eigenvalue weighted by Crippen LogP contribution is 2.41. The van der Waals surface area contributed by atoms with Gasteiger partial charge in [-0.2, -0.15) is 0 Å². The van der Waals surface area contributed by atoms with Crippen LogP contribution >= 0.6 is 11.3 Å². The summed E-state index contributed by atoms with van der Waals surface area (Å²) in [6.07, 6.45) is 4.46. The van der Waals surface area contributed by atoms with Gasteiger partial charge in [0.1, 0.15) is 29.1 Å². The number of aromatic nitrogens is 4. The van der Waals surface area contributed by atoms with Crippen molar-refractivity contribution in [2.24, 2.45) is 7.05 Å². The van der Waals surface area contributed by atoms with Crippen LogP contribution in [0.15, 0.2) is 24.5 Å². The van der Waals surface area contributed by atoms with Crippen LogP contribution in [-0.2, 0) is 23.1 Å². The molecule has 0 unspecified atom stereocenters. The van der Waals surface area contributed by atoms with Gasteiger partial charge in [-0.05, 0) is 31.7 Å². The zero-order valence-electron chi connectivity index (χ0n) is 20.3. The second-order valence-corrected chi connectivity index (χ2v) is 9.73. The number of thiazole rings is 1. The summed E-state index contributed by atoms with van der Waals surface area (Å²) in [5.41, 5.74) is 8.60.